The Morgan fingerprint density at radius 2 is 2.05 bits per heavy atom. The molecule has 1 amide bonds. The SMILES string of the molecule is COc1cc(F)cc(N2CC(S(=O)(=O)F)CC2=O)c1. The summed E-state index contributed by atoms with van der Waals surface area (Å²) in [5.74, 6) is -1.01. The van der Waals surface area contributed by atoms with Crippen molar-refractivity contribution in [3.05, 3.63) is 24.0 Å². The van der Waals surface area contributed by atoms with Gasteiger partial charge >= 0.3 is 10.2 Å². The molecule has 0 bridgehead atoms. The second-order valence-electron chi connectivity index (χ2n) is 4.16. The van der Waals surface area contributed by atoms with Crippen molar-refractivity contribution in [2.45, 2.75) is 11.7 Å². The van der Waals surface area contributed by atoms with E-state index >= 15 is 0 Å². The van der Waals surface area contributed by atoms with Gasteiger partial charge in [-0.2, -0.15) is 8.42 Å². The van der Waals surface area contributed by atoms with Gasteiger partial charge in [0.1, 0.15) is 16.8 Å². The van der Waals surface area contributed by atoms with Crippen LogP contribution in [-0.2, 0) is 15.0 Å². The molecule has 0 aromatic heterocycles. The van der Waals surface area contributed by atoms with Crippen molar-refractivity contribution >= 4 is 21.8 Å². The smallest absolute Gasteiger partial charge is 0.307 e. The largest absolute Gasteiger partial charge is 0.497 e. The van der Waals surface area contributed by atoms with E-state index in [1.807, 2.05) is 0 Å². The van der Waals surface area contributed by atoms with Gasteiger partial charge in [0.15, 0.2) is 0 Å². The Bertz CT molecular complexity index is 617. The van der Waals surface area contributed by atoms with Crippen LogP contribution in [0.1, 0.15) is 6.42 Å². The minimum atomic E-state index is -4.79. The molecule has 1 unspecified atom stereocenters. The van der Waals surface area contributed by atoms with Gasteiger partial charge in [-0.1, -0.05) is 0 Å². The Morgan fingerprint density at radius 1 is 1.37 bits per heavy atom. The molecule has 0 N–H and O–H groups in total. The maximum Gasteiger partial charge on any atom is 0.307 e. The Labute approximate surface area is 109 Å². The lowest BCUT2D eigenvalue weighted by atomic mass is 10.2. The van der Waals surface area contributed by atoms with Gasteiger partial charge in [0, 0.05) is 25.1 Å². The van der Waals surface area contributed by atoms with Gasteiger partial charge in [0.2, 0.25) is 5.91 Å². The van der Waals surface area contributed by atoms with Gasteiger partial charge in [-0.25, -0.2) is 4.39 Å². The fourth-order valence-electron chi connectivity index (χ4n) is 1.93. The number of ether oxygens (including phenoxy) is 1. The van der Waals surface area contributed by atoms with Gasteiger partial charge in [-0.15, -0.1) is 3.89 Å². The highest BCUT2D eigenvalue weighted by Crippen LogP contribution is 2.29. The zero-order valence-electron chi connectivity index (χ0n) is 9.97. The molecule has 1 aromatic rings. The molecule has 0 aliphatic carbocycles. The number of rotatable bonds is 3. The first kappa shape index (κ1) is 13.7. The molecule has 1 atom stereocenters. The number of anilines is 1. The number of hydrogen-bond acceptors (Lipinski definition) is 4. The molecular weight excluding hydrogens is 280 g/mol. The highest BCUT2D eigenvalue weighted by molar-refractivity contribution is 7.87. The van der Waals surface area contributed by atoms with Gasteiger partial charge in [-0.05, 0) is 6.07 Å². The summed E-state index contributed by atoms with van der Waals surface area (Å²) in [7, 11) is -3.46. The maximum absolute atomic E-state index is 13.3. The van der Waals surface area contributed by atoms with E-state index in [9.17, 15) is 21.5 Å². The number of hydrogen-bond donors (Lipinski definition) is 0. The molecule has 104 valence electrons. The van der Waals surface area contributed by atoms with E-state index in [1.165, 1.54) is 13.2 Å². The standard InChI is InChI=1S/C11H11F2NO4S/c1-18-9-3-7(12)2-8(4-9)14-6-10(5-11(14)15)19(13,16)17/h2-4,10H,5-6H2,1H3. The lowest BCUT2D eigenvalue weighted by molar-refractivity contribution is -0.117. The second kappa shape index (κ2) is 4.76. The van der Waals surface area contributed by atoms with Crippen LogP contribution in [0.2, 0.25) is 0 Å². The molecule has 1 aromatic carbocycles. The summed E-state index contributed by atoms with van der Waals surface area (Å²) in [6.45, 7) is -0.329. The highest BCUT2D eigenvalue weighted by Gasteiger charge is 2.39. The van der Waals surface area contributed by atoms with Crippen LogP contribution in [0.4, 0.5) is 14.0 Å². The lowest BCUT2D eigenvalue weighted by Gasteiger charge is -2.17. The van der Waals surface area contributed by atoms with Crippen LogP contribution in [0.3, 0.4) is 0 Å². The zero-order chi connectivity index (χ0) is 14.2. The molecule has 1 aliphatic rings. The van der Waals surface area contributed by atoms with Crippen molar-refractivity contribution in [1.29, 1.82) is 0 Å². The number of amides is 1. The lowest BCUT2D eigenvalue weighted by Crippen LogP contribution is -2.27. The number of halogens is 2. The normalized spacial score (nSPS) is 19.8. The molecule has 5 nitrogen and oxygen atoms in total. The fraction of sp³-hybridized carbons (Fsp3) is 0.364. The predicted molar refractivity (Wildman–Crippen MR) is 63.7 cm³/mol. The van der Waals surface area contributed by atoms with Crippen molar-refractivity contribution in [1.82, 2.24) is 0 Å². The molecule has 1 fully saturated rings. The number of nitrogens with zero attached hydrogens (tertiary/aromatic N) is 1. The molecule has 1 aliphatic heterocycles. The monoisotopic (exact) mass is 291 g/mol. The minimum absolute atomic E-state index is 0.146. The number of carbonyl (C=O) groups is 1. The van der Waals surface area contributed by atoms with Gasteiger partial charge in [-0.3, -0.25) is 4.79 Å². The summed E-state index contributed by atoms with van der Waals surface area (Å²) in [5, 5.41) is -1.41. The average molecular weight is 291 g/mol. The molecule has 0 spiro atoms. The van der Waals surface area contributed by atoms with Crippen LogP contribution in [0, 0.1) is 5.82 Å². The van der Waals surface area contributed by atoms with E-state index < -0.39 is 33.6 Å². The van der Waals surface area contributed by atoms with Crippen LogP contribution in [0.25, 0.3) is 0 Å². The average Bonchev–Trinajstić information content (AvgIpc) is 2.70. The van der Waals surface area contributed by atoms with E-state index in [0.717, 1.165) is 17.0 Å². The van der Waals surface area contributed by atoms with Crippen LogP contribution >= 0.6 is 0 Å². The molecule has 2 rings (SSSR count). The molecule has 0 radical (unpaired) electrons. The van der Waals surface area contributed by atoms with Crippen molar-refractivity contribution in [3.8, 4) is 5.75 Å². The van der Waals surface area contributed by atoms with Crippen molar-refractivity contribution in [3.63, 3.8) is 0 Å². The fourth-order valence-corrected chi connectivity index (χ4v) is 2.60. The van der Waals surface area contributed by atoms with E-state index in [4.69, 9.17) is 4.74 Å². The Hall–Kier alpha value is -1.70. The van der Waals surface area contributed by atoms with E-state index in [1.54, 1.807) is 0 Å². The summed E-state index contributed by atoms with van der Waals surface area (Å²) >= 11 is 0. The predicted octanol–water partition coefficient (Wildman–Crippen LogP) is 1.24. The molecule has 19 heavy (non-hydrogen) atoms. The van der Waals surface area contributed by atoms with E-state index in [2.05, 4.69) is 0 Å². The maximum atomic E-state index is 13.3. The third-order valence-electron chi connectivity index (χ3n) is 2.89. The van der Waals surface area contributed by atoms with Crippen LogP contribution in [-0.4, -0.2) is 33.2 Å². The molecule has 8 heteroatoms. The van der Waals surface area contributed by atoms with Crippen molar-refractivity contribution in [2.24, 2.45) is 0 Å². The van der Waals surface area contributed by atoms with Gasteiger partial charge in [0.25, 0.3) is 0 Å². The summed E-state index contributed by atoms with van der Waals surface area (Å²) < 4.78 is 52.6. The Morgan fingerprint density at radius 3 is 2.58 bits per heavy atom. The van der Waals surface area contributed by atoms with Gasteiger partial charge in [0.05, 0.1) is 12.8 Å². The summed E-state index contributed by atoms with van der Waals surface area (Å²) in [5.41, 5.74) is 0.146. The molecular formula is C11H11F2NO4S. The van der Waals surface area contributed by atoms with E-state index in [0.29, 0.717) is 0 Å². The molecule has 1 saturated heterocycles. The first-order chi connectivity index (χ1) is 8.81. The number of methoxy groups -OCH3 is 1. The third kappa shape index (κ3) is 2.83. The zero-order valence-corrected chi connectivity index (χ0v) is 10.8. The number of benzene rings is 1. The van der Waals surface area contributed by atoms with Crippen molar-refractivity contribution < 1.29 is 26.2 Å². The first-order valence-electron chi connectivity index (χ1n) is 5.39. The summed E-state index contributed by atoms with van der Waals surface area (Å²) in [6, 6.07) is 3.56. The first-order valence-corrected chi connectivity index (χ1v) is 6.84. The van der Waals surface area contributed by atoms with Crippen molar-refractivity contribution in [2.75, 3.05) is 18.6 Å². The molecule has 0 saturated carbocycles. The number of carbonyl (C=O) groups excluding carboxylic acids is 1. The quantitative estimate of drug-likeness (QED) is 0.786. The van der Waals surface area contributed by atoms with Crippen LogP contribution in [0.5, 0.6) is 5.75 Å². The van der Waals surface area contributed by atoms with Crippen LogP contribution < -0.4 is 9.64 Å². The van der Waals surface area contributed by atoms with E-state index in [-0.39, 0.29) is 18.0 Å². The topological polar surface area (TPSA) is 63.7 Å². The minimum Gasteiger partial charge on any atom is -0.497 e. The van der Waals surface area contributed by atoms with Crippen LogP contribution in [0.15, 0.2) is 18.2 Å². The molecule has 1 heterocycles. The third-order valence-corrected chi connectivity index (χ3v) is 4.00. The van der Waals surface area contributed by atoms with Gasteiger partial charge < -0.3 is 9.64 Å². The summed E-state index contributed by atoms with van der Waals surface area (Å²) in [4.78, 5) is 12.7. The Kier molecular flexibility index (Phi) is 3.44. The highest BCUT2D eigenvalue weighted by atomic mass is 32.3. The Balaban J connectivity index is 2.33. The second-order valence-corrected chi connectivity index (χ2v) is 5.77. The summed E-state index contributed by atoms with van der Waals surface area (Å²) in [6.07, 6.45) is -0.447.